The first kappa shape index (κ1) is 15.5. The van der Waals surface area contributed by atoms with Crippen LogP contribution in [0.2, 0.25) is 0 Å². The summed E-state index contributed by atoms with van der Waals surface area (Å²) in [7, 11) is 0. The number of nitrogens with one attached hydrogen (secondary N) is 1. The topological polar surface area (TPSA) is 58.4 Å². The third-order valence-corrected chi connectivity index (χ3v) is 4.86. The Morgan fingerprint density at radius 2 is 2.25 bits per heavy atom. The molecule has 2 rings (SSSR count). The first-order chi connectivity index (χ1) is 9.69. The molecule has 112 valence electrons. The van der Waals surface area contributed by atoms with E-state index in [1.54, 1.807) is 11.3 Å². The normalized spacial score (nSPS) is 17.4. The van der Waals surface area contributed by atoms with Crippen molar-refractivity contribution in [1.29, 1.82) is 0 Å². The molecule has 0 aromatic carbocycles. The molecule has 1 aliphatic heterocycles. The molecule has 1 saturated heterocycles. The van der Waals surface area contributed by atoms with E-state index in [0.717, 1.165) is 6.54 Å². The molecule has 1 fully saturated rings. The highest BCUT2D eigenvalue weighted by Crippen LogP contribution is 2.16. The van der Waals surface area contributed by atoms with Gasteiger partial charge in [-0.25, -0.2) is 0 Å². The molecule has 0 aliphatic carbocycles. The Morgan fingerprint density at radius 3 is 2.85 bits per heavy atom. The van der Waals surface area contributed by atoms with Crippen LogP contribution in [0, 0.1) is 0 Å². The number of hydrogen-bond donors (Lipinski definition) is 2. The molecule has 1 aromatic rings. The number of piperidine rings is 1. The maximum absolute atomic E-state index is 11.0. The van der Waals surface area contributed by atoms with Crippen LogP contribution in [0.1, 0.15) is 47.8 Å². The molecule has 1 aliphatic rings. The van der Waals surface area contributed by atoms with Crippen LogP contribution in [0.4, 0.5) is 0 Å². The van der Waals surface area contributed by atoms with Gasteiger partial charge in [0.15, 0.2) is 0 Å². The van der Waals surface area contributed by atoms with E-state index in [4.69, 9.17) is 5.73 Å². The van der Waals surface area contributed by atoms with E-state index >= 15 is 0 Å². The van der Waals surface area contributed by atoms with Gasteiger partial charge in [0.25, 0.3) is 0 Å². The number of unbranched alkanes of at least 4 members (excludes halogenated alkanes) is 1. The van der Waals surface area contributed by atoms with Crippen molar-refractivity contribution >= 4 is 17.2 Å². The molecule has 0 saturated carbocycles. The van der Waals surface area contributed by atoms with E-state index in [-0.39, 0.29) is 5.91 Å². The fraction of sp³-hybridized carbons (Fsp3) is 0.667. The largest absolute Gasteiger partial charge is 0.366 e. The number of primary amides is 1. The lowest BCUT2D eigenvalue weighted by Gasteiger charge is -2.32. The summed E-state index contributed by atoms with van der Waals surface area (Å²) in [5, 5.41) is 5.44. The first-order valence-electron chi connectivity index (χ1n) is 7.52. The predicted molar refractivity (Wildman–Crippen MR) is 84.0 cm³/mol. The van der Waals surface area contributed by atoms with E-state index in [9.17, 15) is 4.79 Å². The minimum Gasteiger partial charge on any atom is -0.366 e. The maximum atomic E-state index is 11.0. The number of nitrogens with zero attached hydrogens (tertiary/aromatic N) is 1. The molecule has 4 nitrogen and oxygen atoms in total. The van der Waals surface area contributed by atoms with Gasteiger partial charge in [-0.2, -0.15) is 0 Å². The molecule has 1 amide bonds. The van der Waals surface area contributed by atoms with Crippen LogP contribution >= 0.6 is 11.3 Å². The van der Waals surface area contributed by atoms with Gasteiger partial charge in [0, 0.05) is 22.8 Å². The zero-order valence-electron chi connectivity index (χ0n) is 12.2. The van der Waals surface area contributed by atoms with Crippen LogP contribution in [0.25, 0.3) is 0 Å². The van der Waals surface area contributed by atoms with Crippen LogP contribution in [0.5, 0.6) is 0 Å². The number of nitrogens with two attached hydrogens (primary N) is 1. The monoisotopic (exact) mass is 295 g/mol. The quantitative estimate of drug-likeness (QED) is 0.811. The summed E-state index contributed by atoms with van der Waals surface area (Å²) in [6.45, 7) is 6.74. The minimum atomic E-state index is -0.336. The van der Waals surface area contributed by atoms with Gasteiger partial charge in [0.2, 0.25) is 5.91 Å². The number of thiophene rings is 1. The number of carbonyl (C=O) groups excluding carboxylic acids is 1. The van der Waals surface area contributed by atoms with Gasteiger partial charge in [-0.05, 0) is 45.0 Å². The van der Waals surface area contributed by atoms with E-state index < -0.39 is 0 Å². The lowest BCUT2D eigenvalue weighted by atomic mass is 10.0. The summed E-state index contributed by atoms with van der Waals surface area (Å²) in [5.41, 5.74) is 5.89. The molecule has 2 heterocycles. The third kappa shape index (κ3) is 4.58. The van der Waals surface area contributed by atoms with Gasteiger partial charge >= 0.3 is 0 Å². The van der Waals surface area contributed by atoms with Crippen LogP contribution in [0.15, 0.2) is 11.4 Å². The zero-order chi connectivity index (χ0) is 14.4. The molecular weight excluding hydrogens is 270 g/mol. The number of rotatable bonds is 7. The van der Waals surface area contributed by atoms with Crippen LogP contribution in [-0.4, -0.2) is 36.5 Å². The number of likely N-dealkylation sites (tertiary alicyclic amines) is 1. The second-order valence-electron chi connectivity index (χ2n) is 5.52. The minimum absolute atomic E-state index is 0.336. The molecule has 0 radical (unpaired) electrons. The molecule has 5 heteroatoms. The van der Waals surface area contributed by atoms with Crippen molar-refractivity contribution in [1.82, 2.24) is 10.2 Å². The van der Waals surface area contributed by atoms with Crippen molar-refractivity contribution in [3.05, 3.63) is 21.9 Å². The van der Waals surface area contributed by atoms with Crippen LogP contribution in [0.3, 0.4) is 0 Å². The van der Waals surface area contributed by atoms with Crippen molar-refractivity contribution in [2.75, 3.05) is 19.6 Å². The van der Waals surface area contributed by atoms with Crippen molar-refractivity contribution in [3.8, 4) is 0 Å². The van der Waals surface area contributed by atoms with Crippen molar-refractivity contribution in [2.45, 2.75) is 45.2 Å². The molecule has 20 heavy (non-hydrogen) atoms. The lowest BCUT2D eigenvalue weighted by molar-refractivity contribution is 0.100. The average molecular weight is 295 g/mol. The fourth-order valence-electron chi connectivity index (χ4n) is 2.59. The van der Waals surface area contributed by atoms with Crippen molar-refractivity contribution in [3.63, 3.8) is 0 Å². The highest BCUT2D eigenvalue weighted by molar-refractivity contribution is 7.10. The zero-order valence-corrected chi connectivity index (χ0v) is 13.0. The van der Waals surface area contributed by atoms with Gasteiger partial charge in [0.05, 0.1) is 5.56 Å². The van der Waals surface area contributed by atoms with Crippen LogP contribution < -0.4 is 11.1 Å². The first-order valence-corrected chi connectivity index (χ1v) is 8.40. The van der Waals surface area contributed by atoms with Crippen LogP contribution in [-0.2, 0) is 6.54 Å². The standard InChI is InChI=1S/C15H25N3OS/c1-2-3-6-18-7-4-13(5-8-18)17-10-14-9-12(11-20-14)15(16)19/h9,11,13,17H,2-8,10H2,1H3,(H2,16,19). The van der Waals surface area contributed by atoms with E-state index in [1.807, 2.05) is 11.4 Å². The summed E-state index contributed by atoms with van der Waals surface area (Å²) >= 11 is 1.60. The molecule has 0 bridgehead atoms. The highest BCUT2D eigenvalue weighted by Gasteiger charge is 2.18. The molecule has 3 N–H and O–H groups in total. The van der Waals surface area contributed by atoms with Gasteiger partial charge in [-0.1, -0.05) is 13.3 Å². The van der Waals surface area contributed by atoms with E-state index in [1.165, 1.54) is 50.2 Å². The number of carbonyl (C=O) groups is 1. The summed E-state index contributed by atoms with van der Waals surface area (Å²) in [4.78, 5) is 14.8. The van der Waals surface area contributed by atoms with Gasteiger partial charge in [0.1, 0.15) is 0 Å². The highest BCUT2D eigenvalue weighted by atomic mass is 32.1. The summed E-state index contributed by atoms with van der Waals surface area (Å²) in [5.74, 6) is -0.336. The maximum Gasteiger partial charge on any atom is 0.249 e. The number of amides is 1. The van der Waals surface area contributed by atoms with Crippen molar-refractivity contribution < 1.29 is 4.79 Å². The van der Waals surface area contributed by atoms with Crippen molar-refractivity contribution in [2.24, 2.45) is 5.73 Å². The molecule has 0 atom stereocenters. The summed E-state index contributed by atoms with van der Waals surface area (Å²) < 4.78 is 0. The van der Waals surface area contributed by atoms with Gasteiger partial charge < -0.3 is 16.0 Å². The molecule has 0 spiro atoms. The molecular formula is C15H25N3OS. The second-order valence-corrected chi connectivity index (χ2v) is 6.51. The molecule has 1 aromatic heterocycles. The Hall–Kier alpha value is -0.910. The van der Waals surface area contributed by atoms with Gasteiger partial charge in [-0.3, -0.25) is 4.79 Å². The molecule has 0 unspecified atom stereocenters. The Balaban J connectivity index is 1.69. The Labute approximate surface area is 125 Å². The Kier molecular flexibility index (Phi) is 6.01. The summed E-state index contributed by atoms with van der Waals surface area (Å²) in [6, 6.07) is 2.50. The summed E-state index contributed by atoms with van der Waals surface area (Å²) in [6.07, 6.45) is 5.03. The smallest absolute Gasteiger partial charge is 0.249 e. The predicted octanol–water partition coefficient (Wildman–Crippen LogP) is 2.20. The average Bonchev–Trinajstić information content (AvgIpc) is 2.93. The SMILES string of the molecule is CCCCN1CCC(NCc2cc(C(N)=O)cs2)CC1. The Morgan fingerprint density at radius 1 is 1.50 bits per heavy atom. The third-order valence-electron chi connectivity index (χ3n) is 3.92. The lowest BCUT2D eigenvalue weighted by Crippen LogP contribution is -2.42. The van der Waals surface area contributed by atoms with Gasteiger partial charge in [-0.15, -0.1) is 11.3 Å². The fourth-order valence-corrected chi connectivity index (χ4v) is 3.41. The van der Waals surface area contributed by atoms with E-state index in [2.05, 4.69) is 17.1 Å². The second kappa shape index (κ2) is 7.76. The van der Waals surface area contributed by atoms with E-state index in [0.29, 0.717) is 11.6 Å². The Bertz CT molecular complexity index is 425. The number of hydrogen-bond acceptors (Lipinski definition) is 4.